The minimum atomic E-state index is -0.390. The zero-order valence-electron chi connectivity index (χ0n) is 11.3. The zero-order valence-corrected chi connectivity index (χ0v) is 12.1. The van der Waals surface area contributed by atoms with Gasteiger partial charge < -0.3 is 16.4 Å². The third-order valence-corrected chi connectivity index (χ3v) is 3.05. The molecule has 1 unspecified atom stereocenters. The Kier molecular flexibility index (Phi) is 6.63. The smallest absolute Gasteiger partial charge is 0.243 e. The van der Waals surface area contributed by atoms with Crippen LogP contribution in [0.5, 0.6) is 0 Å². The number of hydrogen-bond donors (Lipinski definition) is 3. The molecule has 1 heterocycles. The van der Waals surface area contributed by atoms with Crippen LogP contribution in [0.3, 0.4) is 0 Å². The Morgan fingerprint density at radius 3 is 2.61 bits per heavy atom. The number of nitrogens with one attached hydrogen (secondary N) is 2. The van der Waals surface area contributed by atoms with Gasteiger partial charge in [-0.2, -0.15) is 0 Å². The minimum Gasteiger partial charge on any atom is -0.348 e. The fraction of sp³-hybridized carbons (Fsp3) is 0.833. The second-order valence-corrected chi connectivity index (χ2v) is 5.51. The maximum Gasteiger partial charge on any atom is 0.243 e. The molecule has 5 nitrogen and oxygen atoms in total. The van der Waals surface area contributed by atoms with E-state index in [1.54, 1.807) is 0 Å². The second-order valence-electron chi connectivity index (χ2n) is 5.51. The predicted octanol–water partition coefficient (Wildman–Crippen LogP) is 0.567. The molecular weight excluding hydrogens is 254 g/mol. The first kappa shape index (κ1) is 17.2. The quantitative estimate of drug-likeness (QED) is 0.687. The number of nitrogens with two attached hydrogens (primary N) is 1. The molecule has 2 amide bonds. The number of rotatable bonds is 5. The fourth-order valence-electron chi connectivity index (χ4n) is 2.28. The molecule has 0 bridgehead atoms. The Morgan fingerprint density at radius 1 is 1.61 bits per heavy atom. The Bertz CT molecular complexity index is 310. The molecule has 0 aromatic carbocycles. The zero-order chi connectivity index (χ0) is 13.1. The summed E-state index contributed by atoms with van der Waals surface area (Å²) in [5.74, 6) is 0.287. The summed E-state index contributed by atoms with van der Waals surface area (Å²) in [7, 11) is 0. The summed E-state index contributed by atoms with van der Waals surface area (Å²) in [6.45, 7) is 6.54. The Morgan fingerprint density at radius 2 is 2.22 bits per heavy atom. The number of halogens is 1. The van der Waals surface area contributed by atoms with E-state index in [9.17, 15) is 9.59 Å². The number of amides is 2. The molecule has 2 atom stereocenters. The van der Waals surface area contributed by atoms with Crippen molar-refractivity contribution in [2.45, 2.75) is 51.6 Å². The summed E-state index contributed by atoms with van der Waals surface area (Å²) in [5, 5.41) is 5.62. The van der Waals surface area contributed by atoms with Gasteiger partial charge in [0.2, 0.25) is 11.8 Å². The van der Waals surface area contributed by atoms with Gasteiger partial charge in [-0.1, -0.05) is 13.8 Å². The van der Waals surface area contributed by atoms with Crippen molar-refractivity contribution in [1.29, 1.82) is 0 Å². The lowest BCUT2D eigenvalue weighted by atomic mass is 9.90. The molecule has 0 radical (unpaired) electrons. The summed E-state index contributed by atoms with van der Waals surface area (Å²) < 4.78 is 0. The van der Waals surface area contributed by atoms with Crippen molar-refractivity contribution in [2.75, 3.05) is 6.54 Å². The number of hydrogen-bond acceptors (Lipinski definition) is 3. The van der Waals surface area contributed by atoms with E-state index in [1.165, 1.54) is 0 Å². The molecular formula is C12H24ClN3O2. The lowest BCUT2D eigenvalue weighted by Crippen LogP contribution is -2.56. The van der Waals surface area contributed by atoms with Crippen LogP contribution in [-0.4, -0.2) is 29.9 Å². The first-order valence-electron chi connectivity index (χ1n) is 6.18. The van der Waals surface area contributed by atoms with Crippen molar-refractivity contribution in [3.05, 3.63) is 0 Å². The molecule has 6 heteroatoms. The fourth-order valence-corrected chi connectivity index (χ4v) is 2.28. The largest absolute Gasteiger partial charge is 0.348 e. The van der Waals surface area contributed by atoms with Crippen molar-refractivity contribution in [2.24, 2.45) is 11.7 Å². The summed E-state index contributed by atoms with van der Waals surface area (Å²) in [5.41, 5.74) is 5.34. The standard InChI is InChI=1S/C12H23N3O2.ClH/c1-8(2)6-12(3,7-13)15-11(17)9-4-5-10(16)14-9;/h8-9H,4-7,13H2,1-3H3,(H,14,16)(H,15,17);1H/t9-,12?;/m0./s1. The van der Waals surface area contributed by atoms with E-state index in [-0.39, 0.29) is 30.3 Å². The van der Waals surface area contributed by atoms with Crippen molar-refractivity contribution < 1.29 is 9.59 Å². The van der Waals surface area contributed by atoms with Crippen molar-refractivity contribution >= 4 is 24.2 Å². The van der Waals surface area contributed by atoms with Crippen LogP contribution in [0.25, 0.3) is 0 Å². The van der Waals surface area contributed by atoms with Crippen LogP contribution in [0.15, 0.2) is 0 Å². The molecule has 0 aromatic heterocycles. The average molecular weight is 278 g/mol. The third kappa shape index (κ3) is 4.82. The molecule has 0 aliphatic carbocycles. The van der Waals surface area contributed by atoms with Crippen LogP contribution in [0.1, 0.15) is 40.0 Å². The van der Waals surface area contributed by atoms with Crippen molar-refractivity contribution in [3.8, 4) is 0 Å². The topological polar surface area (TPSA) is 84.2 Å². The van der Waals surface area contributed by atoms with Gasteiger partial charge in [-0.25, -0.2) is 0 Å². The Balaban J connectivity index is 0.00000289. The van der Waals surface area contributed by atoms with Gasteiger partial charge in [-0.05, 0) is 25.7 Å². The molecule has 106 valence electrons. The van der Waals surface area contributed by atoms with Crippen LogP contribution in [0.4, 0.5) is 0 Å². The van der Waals surface area contributed by atoms with Crippen LogP contribution < -0.4 is 16.4 Å². The molecule has 1 rings (SSSR count). The molecule has 0 saturated carbocycles. The van der Waals surface area contributed by atoms with E-state index in [2.05, 4.69) is 24.5 Å². The molecule has 1 fully saturated rings. The summed E-state index contributed by atoms with van der Waals surface area (Å²) >= 11 is 0. The SMILES string of the molecule is CC(C)CC(C)(CN)NC(=O)[C@@H]1CCC(=O)N1.Cl. The average Bonchev–Trinajstić information content (AvgIpc) is 2.63. The van der Waals surface area contributed by atoms with E-state index < -0.39 is 5.54 Å². The molecule has 0 aromatic rings. The second kappa shape index (κ2) is 6.95. The molecule has 0 spiro atoms. The lowest BCUT2D eigenvalue weighted by molar-refractivity contribution is -0.127. The van der Waals surface area contributed by atoms with Crippen molar-refractivity contribution in [3.63, 3.8) is 0 Å². The van der Waals surface area contributed by atoms with Gasteiger partial charge in [0.1, 0.15) is 6.04 Å². The van der Waals surface area contributed by atoms with E-state index in [0.717, 1.165) is 6.42 Å². The highest BCUT2D eigenvalue weighted by atomic mass is 35.5. The maximum atomic E-state index is 12.0. The molecule has 1 aliphatic rings. The summed E-state index contributed by atoms with van der Waals surface area (Å²) in [6, 6.07) is -0.388. The van der Waals surface area contributed by atoms with Crippen LogP contribution >= 0.6 is 12.4 Å². The molecule has 1 aliphatic heterocycles. The van der Waals surface area contributed by atoms with Gasteiger partial charge in [0.05, 0.1) is 0 Å². The van der Waals surface area contributed by atoms with E-state index in [1.807, 2.05) is 6.92 Å². The van der Waals surface area contributed by atoms with E-state index in [4.69, 9.17) is 5.73 Å². The van der Waals surface area contributed by atoms with E-state index >= 15 is 0 Å². The Labute approximate surface area is 115 Å². The predicted molar refractivity (Wildman–Crippen MR) is 73.5 cm³/mol. The lowest BCUT2D eigenvalue weighted by Gasteiger charge is -2.32. The van der Waals surface area contributed by atoms with Gasteiger partial charge in [-0.15, -0.1) is 12.4 Å². The minimum absolute atomic E-state index is 0. The Hall–Kier alpha value is -0.810. The first-order chi connectivity index (χ1) is 7.86. The van der Waals surface area contributed by atoms with Gasteiger partial charge in [-0.3, -0.25) is 9.59 Å². The third-order valence-electron chi connectivity index (χ3n) is 3.05. The van der Waals surface area contributed by atoms with Gasteiger partial charge >= 0.3 is 0 Å². The van der Waals surface area contributed by atoms with Gasteiger partial charge in [0.25, 0.3) is 0 Å². The monoisotopic (exact) mass is 277 g/mol. The van der Waals surface area contributed by atoms with Gasteiger partial charge in [0.15, 0.2) is 0 Å². The highest BCUT2D eigenvalue weighted by Crippen LogP contribution is 2.16. The van der Waals surface area contributed by atoms with Crippen molar-refractivity contribution in [1.82, 2.24) is 10.6 Å². The number of carbonyl (C=O) groups is 2. The number of carbonyl (C=O) groups excluding carboxylic acids is 2. The van der Waals surface area contributed by atoms with E-state index in [0.29, 0.717) is 25.3 Å². The first-order valence-corrected chi connectivity index (χ1v) is 6.18. The van der Waals surface area contributed by atoms with Crippen LogP contribution in [0, 0.1) is 5.92 Å². The molecule has 1 saturated heterocycles. The van der Waals surface area contributed by atoms with Crippen LogP contribution in [0.2, 0.25) is 0 Å². The molecule has 4 N–H and O–H groups in total. The maximum absolute atomic E-state index is 12.0. The summed E-state index contributed by atoms with van der Waals surface area (Å²) in [6.07, 6.45) is 1.84. The molecule has 18 heavy (non-hydrogen) atoms. The van der Waals surface area contributed by atoms with Gasteiger partial charge in [0, 0.05) is 18.5 Å². The highest BCUT2D eigenvalue weighted by molar-refractivity contribution is 5.91. The highest BCUT2D eigenvalue weighted by Gasteiger charge is 2.32. The summed E-state index contributed by atoms with van der Waals surface area (Å²) in [4.78, 5) is 23.0. The van der Waals surface area contributed by atoms with Crippen LogP contribution in [-0.2, 0) is 9.59 Å². The normalized spacial score (nSPS) is 22.1.